The summed E-state index contributed by atoms with van der Waals surface area (Å²) in [6.07, 6.45) is 5.53. The molecule has 152 valence electrons. The Kier molecular flexibility index (Phi) is 6.50. The number of ether oxygens (including phenoxy) is 1. The number of rotatable bonds is 7. The third-order valence-electron chi connectivity index (χ3n) is 4.48. The van der Waals surface area contributed by atoms with Gasteiger partial charge in [0.25, 0.3) is 0 Å². The van der Waals surface area contributed by atoms with Crippen molar-refractivity contribution in [3.05, 3.63) is 60.3 Å². The molecule has 1 aromatic heterocycles. The summed E-state index contributed by atoms with van der Waals surface area (Å²) < 4.78 is 7.30. The summed E-state index contributed by atoms with van der Waals surface area (Å²) in [4.78, 5) is 23.8. The highest BCUT2D eigenvalue weighted by molar-refractivity contribution is 6.04. The summed E-state index contributed by atoms with van der Waals surface area (Å²) >= 11 is 0. The normalized spacial score (nSPS) is 10.7. The smallest absolute Gasteiger partial charge is 0.248 e. The largest absolute Gasteiger partial charge is 0.495 e. The van der Waals surface area contributed by atoms with Gasteiger partial charge < -0.3 is 19.9 Å². The van der Waals surface area contributed by atoms with Gasteiger partial charge in [-0.15, -0.1) is 0 Å². The monoisotopic (exact) mass is 402 g/mol. The van der Waals surface area contributed by atoms with E-state index in [2.05, 4.69) is 16.7 Å². The Labute approximate surface area is 174 Å². The van der Waals surface area contributed by atoms with Gasteiger partial charge in [0, 0.05) is 47.9 Å². The second kappa shape index (κ2) is 9.43. The lowest BCUT2D eigenvalue weighted by molar-refractivity contribution is -0.114. The maximum atomic E-state index is 12.5. The van der Waals surface area contributed by atoms with Crippen molar-refractivity contribution in [2.24, 2.45) is 0 Å². The highest BCUT2D eigenvalue weighted by atomic mass is 16.5. The molecule has 0 aliphatic rings. The molecular weight excluding hydrogens is 380 g/mol. The molecule has 0 aliphatic heterocycles. The highest BCUT2D eigenvalue weighted by Gasteiger charge is 2.09. The highest BCUT2D eigenvalue weighted by Crippen LogP contribution is 2.28. The molecule has 0 fully saturated rings. The van der Waals surface area contributed by atoms with Crippen LogP contribution in [-0.2, 0) is 16.1 Å². The van der Waals surface area contributed by atoms with Crippen LogP contribution in [0.5, 0.6) is 5.75 Å². The maximum Gasteiger partial charge on any atom is 0.248 e. The minimum atomic E-state index is -0.331. The fraction of sp³-hybridized carbons (Fsp3) is 0.174. The lowest BCUT2D eigenvalue weighted by Gasteiger charge is -2.11. The van der Waals surface area contributed by atoms with Gasteiger partial charge in [-0.3, -0.25) is 9.59 Å². The fourth-order valence-electron chi connectivity index (χ4n) is 3.19. The molecule has 0 spiro atoms. The van der Waals surface area contributed by atoms with Crippen molar-refractivity contribution in [2.75, 3.05) is 17.7 Å². The van der Waals surface area contributed by atoms with Gasteiger partial charge in [-0.25, -0.2) is 0 Å². The summed E-state index contributed by atoms with van der Waals surface area (Å²) in [7, 11) is 1.51. The van der Waals surface area contributed by atoms with Crippen molar-refractivity contribution in [3.63, 3.8) is 0 Å². The van der Waals surface area contributed by atoms with Gasteiger partial charge in [-0.05, 0) is 30.3 Å². The number of carbonyl (C=O) groups is 2. The van der Waals surface area contributed by atoms with Gasteiger partial charge in [0.15, 0.2) is 0 Å². The number of methoxy groups -OCH3 is 1. The van der Waals surface area contributed by atoms with E-state index in [0.717, 1.165) is 16.5 Å². The van der Waals surface area contributed by atoms with E-state index in [1.165, 1.54) is 20.1 Å². The number of hydrogen-bond donors (Lipinski definition) is 2. The van der Waals surface area contributed by atoms with Gasteiger partial charge >= 0.3 is 0 Å². The van der Waals surface area contributed by atoms with Gasteiger partial charge in [0.2, 0.25) is 11.8 Å². The summed E-state index contributed by atoms with van der Waals surface area (Å²) in [5, 5.41) is 15.3. The minimum Gasteiger partial charge on any atom is -0.495 e. The van der Waals surface area contributed by atoms with E-state index < -0.39 is 0 Å². The lowest BCUT2D eigenvalue weighted by Crippen LogP contribution is -2.10. The van der Waals surface area contributed by atoms with Crippen molar-refractivity contribution < 1.29 is 14.3 Å². The van der Waals surface area contributed by atoms with E-state index in [0.29, 0.717) is 30.1 Å². The molecule has 2 aromatic carbocycles. The van der Waals surface area contributed by atoms with Crippen LogP contribution in [0.1, 0.15) is 18.9 Å². The molecule has 3 rings (SSSR count). The van der Waals surface area contributed by atoms with Crippen LogP contribution in [0.3, 0.4) is 0 Å². The number of fused-ring (bicyclic) bond motifs is 1. The number of aryl methyl sites for hydroxylation is 1. The fourth-order valence-corrected chi connectivity index (χ4v) is 3.19. The minimum absolute atomic E-state index is 0.204. The molecular formula is C23H22N4O3. The first kappa shape index (κ1) is 20.7. The summed E-state index contributed by atoms with van der Waals surface area (Å²) in [6, 6.07) is 15.0. The van der Waals surface area contributed by atoms with Crippen LogP contribution < -0.4 is 15.4 Å². The van der Waals surface area contributed by atoms with Crippen molar-refractivity contribution in [3.8, 4) is 11.8 Å². The number of hydrogen-bond acceptors (Lipinski definition) is 4. The number of benzene rings is 2. The first-order valence-corrected chi connectivity index (χ1v) is 9.41. The molecule has 0 atom stereocenters. The third-order valence-corrected chi connectivity index (χ3v) is 4.48. The number of aromatic nitrogens is 1. The van der Waals surface area contributed by atoms with Crippen LogP contribution in [0.15, 0.2) is 54.7 Å². The quantitative estimate of drug-likeness (QED) is 0.580. The standard InChI is InChI=1S/C23H22N4O3/c1-16(28)25-18-9-10-22(30-2)20(14-18)26-23(29)11-8-17-15-27(13-5-12-24)21-7-4-3-6-19(17)21/h3-4,6-11,14-15H,5,13H2,1-2H3,(H,25,28)(H,26,29)/b11-8+. The van der Waals surface area contributed by atoms with Crippen LogP contribution in [-0.4, -0.2) is 23.5 Å². The number of amides is 2. The van der Waals surface area contributed by atoms with E-state index in [4.69, 9.17) is 10.00 Å². The van der Waals surface area contributed by atoms with Gasteiger partial charge in [-0.1, -0.05) is 18.2 Å². The Balaban J connectivity index is 1.82. The number of para-hydroxylation sites is 1. The first-order chi connectivity index (χ1) is 14.5. The third kappa shape index (κ3) is 4.86. The van der Waals surface area contributed by atoms with Crippen LogP contribution >= 0.6 is 0 Å². The Morgan fingerprint density at radius 1 is 1.20 bits per heavy atom. The Morgan fingerprint density at radius 2 is 2.00 bits per heavy atom. The number of carbonyl (C=O) groups excluding carboxylic acids is 2. The zero-order chi connectivity index (χ0) is 21.5. The average molecular weight is 402 g/mol. The van der Waals surface area contributed by atoms with Crippen LogP contribution in [0, 0.1) is 11.3 Å². The van der Waals surface area contributed by atoms with Gasteiger partial charge in [0.05, 0.1) is 25.3 Å². The summed E-state index contributed by atoms with van der Waals surface area (Å²) in [5.74, 6) is -0.0498. The Hall–Kier alpha value is -4.05. The van der Waals surface area contributed by atoms with E-state index in [-0.39, 0.29) is 11.8 Å². The van der Waals surface area contributed by atoms with E-state index in [9.17, 15) is 9.59 Å². The van der Waals surface area contributed by atoms with Crippen molar-refractivity contribution in [1.29, 1.82) is 5.26 Å². The molecule has 2 N–H and O–H groups in total. The van der Waals surface area contributed by atoms with Crippen LogP contribution in [0.2, 0.25) is 0 Å². The van der Waals surface area contributed by atoms with Gasteiger partial charge in [0.1, 0.15) is 5.75 Å². The Morgan fingerprint density at radius 3 is 2.73 bits per heavy atom. The average Bonchev–Trinajstić information content (AvgIpc) is 3.08. The first-order valence-electron chi connectivity index (χ1n) is 9.41. The molecule has 0 aliphatic carbocycles. The molecule has 0 unspecified atom stereocenters. The zero-order valence-corrected chi connectivity index (χ0v) is 16.8. The molecule has 0 radical (unpaired) electrons. The maximum absolute atomic E-state index is 12.5. The van der Waals surface area contributed by atoms with E-state index >= 15 is 0 Å². The molecule has 2 amide bonds. The van der Waals surface area contributed by atoms with Gasteiger partial charge in [-0.2, -0.15) is 5.26 Å². The molecule has 7 heteroatoms. The van der Waals surface area contributed by atoms with Crippen LogP contribution in [0.25, 0.3) is 17.0 Å². The molecule has 1 heterocycles. The summed E-state index contributed by atoms with van der Waals surface area (Å²) in [6.45, 7) is 2.00. The summed E-state index contributed by atoms with van der Waals surface area (Å²) in [5.41, 5.74) is 2.91. The van der Waals surface area contributed by atoms with Crippen molar-refractivity contribution >= 4 is 40.2 Å². The van der Waals surface area contributed by atoms with E-state index in [1.807, 2.05) is 35.0 Å². The molecule has 7 nitrogen and oxygen atoms in total. The number of nitrogens with zero attached hydrogens (tertiary/aromatic N) is 2. The predicted octanol–water partition coefficient (Wildman–Crippen LogP) is 4.17. The molecule has 0 bridgehead atoms. The second-order valence-corrected chi connectivity index (χ2v) is 6.62. The van der Waals surface area contributed by atoms with Crippen LogP contribution in [0.4, 0.5) is 11.4 Å². The number of nitriles is 1. The topological polar surface area (TPSA) is 96.2 Å². The SMILES string of the molecule is COc1ccc(NC(C)=O)cc1NC(=O)/C=C/c1cn(CCC#N)c2ccccc12. The molecule has 0 saturated carbocycles. The Bertz CT molecular complexity index is 1150. The molecule has 3 aromatic rings. The molecule has 0 saturated heterocycles. The number of nitrogens with one attached hydrogen (secondary N) is 2. The number of anilines is 2. The lowest BCUT2D eigenvalue weighted by atomic mass is 10.1. The second-order valence-electron chi connectivity index (χ2n) is 6.62. The van der Waals surface area contributed by atoms with Crippen molar-refractivity contribution in [1.82, 2.24) is 4.57 Å². The molecule has 30 heavy (non-hydrogen) atoms. The van der Waals surface area contributed by atoms with Crippen molar-refractivity contribution in [2.45, 2.75) is 19.9 Å². The zero-order valence-electron chi connectivity index (χ0n) is 16.8. The van der Waals surface area contributed by atoms with E-state index in [1.54, 1.807) is 24.3 Å². The predicted molar refractivity (Wildman–Crippen MR) is 117 cm³/mol.